The summed E-state index contributed by atoms with van der Waals surface area (Å²) in [5.41, 5.74) is 4.51. The Kier molecular flexibility index (Phi) is 6.36. The summed E-state index contributed by atoms with van der Waals surface area (Å²) in [6, 6.07) is 0. The fraction of sp³-hybridized carbons (Fsp3) is 0.571. The zero-order valence-electron chi connectivity index (χ0n) is 11.8. The second kappa shape index (κ2) is 7.54. The van der Waals surface area contributed by atoms with E-state index in [2.05, 4.69) is 35.7 Å². The normalized spacial score (nSPS) is 10.7. The van der Waals surface area contributed by atoms with Gasteiger partial charge >= 0.3 is 0 Å². The van der Waals surface area contributed by atoms with Crippen molar-refractivity contribution in [2.75, 3.05) is 18.8 Å². The summed E-state index contributed by atoms with van der Waals surface area (Å²) in [5, 5.41) is 4.20. The SMILES string of the molecule is C=C(CNCCC)CSc1nc(C)c(C)c(C)n1. The molecule has 0 unspecified atom stereocenters. The van der Waals surface area contributed by atoms with Crippen LogP contribution >= 0.6 is 11.8 Å². The van der Waals surface area contributed by atoms with Crippen molar-refractivity contribution in [2.45, 2.75) is 39.3 Å². The van der Waals surface area contributed by atoms with Crippen LogP contribution in [0.4, 0.5) is 0 Å². The molecule has 0 aliphatic heterocycles. The van der Waals surface area contributed by atoms with Crippen LogP contribution < -0.4 is 5.32 Å². The summed E-state index contributed by atoms with van der Waals surface area (Å²) in [5.74, 6) is 0.874. The first-order valence-electron chi connectivity index (χ1n) is 6.36. The highest BCUT2D eigenvalue weighted by Gasteiger charge is 2.05. The molecule has 1 aromatic heterocycles. The summed E-state index contributed by atoms with van der Waals surface area (Å²) < 4.78 is 0. The van der Waals surface area contributed by atoms with Crippen LogP contribution in [0.2, 0.25) is 0 Å². The molecule has 1 aromatic rings. The molecule has 0 atom stereocenters. The van der Waals surface area contributed by atoms with E-state index >= 15 is 0 Å². The number of nitrogens with zero attached hydrogens (tertiary/aromatic N) is 2. The van der Waals surface area contributed by atoms with Crippen LogP contribution in [0, 0.1) is 20.8 Å². The summed E-state index contributed by atoms with van der Waals surface area (Å²) in [6.45, 7) is 14.3. The molecule has 0 aliphatic carbocycles. The third-order valence-electron chi connectivity index (χ3n) is 2.82. The molecule has 18 heavy (non-hydrogen) atoms. The molecule has 0 saturated heterocycles. The zero-order chi connectivity index (χ0) is 13.5. The van der Waals surface area contributed by atoms with Gasteiger partial charge in [-0.1, -0.05) is 30.8 Å². The summed E-state index contributed by atoms with van der Waals surface area (Å²) in [6.07, 6.45) is 1.15. The fourth-order valence-electron chi connectivity index (χ4n) is 1.47. The number of aromatic nitrogens is 2. The number of nitrogens with one attached hydrogen (secondary N) is 1. The minimum absolute atomic E-state index is 0.854. The standard InChI is InChI=1S/C14H23N3S/c1-6-7-15-8-10(2)9-18-14-16-12(4)11(3)13(5)17-14/h15H,2,6-9H2,1,3-5H3. The maximum atomic E-state index is 4.49. The van der Waals surface area contributed by atoms with Gasteiger partial charge < -0.3 is 5.32 Å². The van der Waals surface area contributed by atoms with Crippen molar-refractivity contribution in [1.82, 2.24) is 15.3 Å². The van der Waals surface area contributed by atoms with E-state index in [-0.39, 0.29) is 0 Å². The van der Waals surface area contributed by atoms with Crippen LogP contribution in [0.25, 0.3) is 0 Å². The Bertz CT molecular complexity index is 392. The van der Waals surface area contributed by atoms with Gasteiger partial charge in [0.2, 0.25) is 0 Å². The Labute approximate surface area is 115 Å². The number of hydrogen-bond acceptors (Lipinski definition) is 4. The molecule has 3 nitrogen and oxygen atoms in total. The van der Waals surface area contributed by atoms with Crippen molar-refractivity contribution < 1.29 is 0 Å². The number of rotatable bonds is 7. The molecule has 4 heteroatoms. The number of aryl methyl sites for hydroxylation is 2. The fourth-order valence-corrected chi connectivity index (χ4v) is 2.30. The summed E-state index contributed by atoms with van der Waals surface area (Å²) in [7, 11) is 0. The second-order valence-electron chi connectivity index (χ2n) is 4.52. The lowest BCUT2D eigenvalue weighted by atomic mass is 10.2. The van der Waals surface area contributed by atoms with Gasteiger partial charge in [-0.2, -0.15) is 0 Å². The molecule has 1 N–H and O–H groups in total. The van der Waals surface area contributed by atoms with E-state index in [1.165, 1.54) is 11.1 Å². The minimum Gasteiger partial charge on any atom is -0.313 e. The van der Waals surface area contributed by atoms with E-state index in [4.69, 9.17) is 0 Å². The van der Waals surface area contributed by atoms with E-state index in [0.717, 1.165) is 41.8 Å². The van der Waals surface area contributed by atoms with Gasteiger partial charge in [0, 0.05) is 23.7 Å². The van der Waals surface area contributed by atoms with E-state index in [9.17, 15) is 0 Å². The Morgan fingerprint density at radius 2 is 1.83 bits per heavy atom. The van der Waals surface area contributed by atoms with Crippen LogP contribution in [-0.2, 0) is 0 Å². The van der Waals surface area contributed by atoms with Crippen LogP contribution in [0.1, 0.15) is 30.3 Å². The first-order valence-corrected chi connectivity index (χ1v) is 7.35. The predicted octanol–water partition coefficient (Wildman–Crippen LogP) is 3.05. The predicted molar refractivity (Wildman–Crippen MR) is 79.3 cm³/mol. The van der Waals surface area contributed by atoms with Crippen LogP contribution in [-0.4, -0.2) is 28.8 Å². The Morgan fingerprint density at radius 1 is 1.22 bits per heavy atom. The topological polar surface area (TPSA) is 37.8 Å². The lowest BCUT2D eigenvalue weighted by molar-refractivity contribution is 0.715. The molecule has 0 fully saturated rings. The molecular weight excluding hydrogens is 242 g/mol. The van der Waals surface area contributed by atoms with Crippen LogP contribution in [0.3, 0.4) is 0 Å². The van der Waals surface area contributed by atoms with Gasteiger partial charge in [-0.05, 0) is 39.3 Å². The van der Waals surface area contributed by atoms with Crippen LogP contribution in [0.15, 0.2) is 17.3 Å². The first-order chi connectivity index (χ1) is 8.54. The van der Waals surface area contributed by atoms with Gasteiger partial charge in [0.1, 0.15) is 0 Å². The minimum atomic E-state index is 0.854. The maximum Gasteiger partial charge on any atom is 0.188 e. The second-order valence-corrected chi connectivity index (χ2v) is 5.46. The van der Waals surface area contributed by atoms with E-state index < -0.39 is 0 Å². The summed E-state index contributed by atoms with van der Waals surface area (Å²) >= 11 is 1.66. The quantitative estimate of drug-likeness (QED) is 0.356. The third kappa shape index (κ3) is 4.78. The summed E-state index contributed by atoms with van der Waals surface area (Å²) in [4.78, 5) is 8.98. The molecule has 0 amide bonds. The average molecular weight is 265 g/mol. The molecule has 0 aliphatic rings. The van der Waals surface area contributed by atoms with Crippen molar-refractivity contribution in [3.8, 4) is 0 Å². The van der Waals surface area contributed by atoms with Gasteiger partial charge in [-0.25, -0.2) is 9.97 Å². The lowest BCUT2D eigenvalue weighted by Gasteiger charge is -2.08. The Balaban J connectivity index is 2.46. The largest absolute Gasteiger partial charge is 0.313 e. The van der Waals surface area contributed by atoms with E-state index in [1.54, 1.807) is 11.8 Å². The molecule has 1 heterocycles. The van der Waals surface area contributed by atoms with Gasteiger partial charge in [-0.3, -0.25) is 0 Å². The van der Waals surface area contributed by atoms with Gasteiger partial charge in [0.15, 0.2) is 5.16 Å². The molecule has 0 radical (unpaired) electrons. The van der Waals surface area contributed by atoms with Crippen molar-refractivity contribution >= 4 is 11.8 Å². The molecule has 0 saturated carbocycles. The highest BCUT2D eigenvalue weighted by molar-refractivity contribution is 7.99. The van der Waals surface area contributed by atoms with Crippen molar-refractivity contribution in [3.63, 3.8) is 0 Å². The molecule has 1 rings (SSSR count). The van der Waals surface area contributed by atoms with Gasteiger partial charge in [0.05, 0.1) is 0 Å². The van der Waals surface area contributed by atoms with Gasteiger partial charge in [0.25, 0.3) is 0 Å². The average Bonchev–Trinajstić information content (AvgIpc) is 2.33. The van der Waals surface area contributed by atoms with Crippen molar-refractivity contribution in [1.29, 1.82) is 0 Å². The number of hydrogen-bond donors (Lipinski definition) is 1. The highest BCUT2D eigenvalue weighted by Crippen LogP contribution is 2.18. The zero-order valence-corrected chi connectivity index (χ0v) is 12.7. The monoisotopic (exact) mass is 265 g/mol. The highest BCUT2D eigenvalue weighted by atomic mass is 32.2. The molecule has 0 aromatic carbocycles. The number of thioether (sulfide) groups is 1. The van der Waals surface area contributed by atoms with Gasteiger partial charge in [-0.15, -0.1) is 0 Å². The first kappa shape index (κ1) is 15.2. The third-order valence-corrected chi connectivity index (χ3v) is 3.81. The molecule has 0 spiro atoms. The van der Waals surface area contributed by atoms with Crippen molar-refractivity contribution in [3.05, 3.63) is 29.1 Å². The maximum absolute atomic E-state index is 4.49. The smallest absolute Gasteiger partial charge is 0.188 e. The Hall–Kier alpha value is -0.870. The van der Waals surface area contributed by atoms with Crippen molar-refractivity contribution in [2.24, 2.45) is 0 Å². The molecular formula is C14H23N3S. The Morgan fingerprint density at radius 3 is 2.39 bits per heavy atom. The van der Waals surface area contributed by atoms with E-state index in [0.29, 0.717) is 0 Å². The molecule has 100 valence electrons. The molecule has 0 bridgehead atoms. The van der Waals surface area contributed by atoms with Crippen LogP contribution in [0.5, 0.6) is 0 Å². The lowest BCUT2D eigenvalue weighted by Crippen LogP contribution is -2.18. The van der Waals surface area contributed by atoms with E-state index in [1.807, 2.05) is 13.8 Å².